The van der Waals surface area contributed by atoms with Gasteiger partial charge in [0.15, 0.2) is 0 Å². The molecule has 0 spiro atoms. The summed E-state index contributed by atoms with van der Waals surface area (Å²) in [5.74, 6) is 16.5. The van der Waals surface area contributed by atoms with E-state index in [0.29, 0.717) is 17.8 Å². The van der Waals surface area contributed by atoms with Crippen LogP contribution < -0.4 is 0 Å². The zero-order valence-electron chi connectivity index (χ0n) is 12.0. The van der Waals surface area contributed by atoms with Gasteiger partial charge in [-0.3, -0.25) is 0 Å². The van der Waals surface area contributed by atoms with E-state index in [0.717, 1.165) is 5.92 Å². The molecule has 2 rings (SSSR count). The molecule has 0 amide bonds. The maximum absolute atomic E-state index is 3.57. The second-order valence-electron chi connectivity index (χ2n) is 6.19. The van der Waals surface area contributed by atoms with Crippen LogP contribution in [-0.4, -0.2) is 0 Å². The van der Waals surface area contributed by atoms with Gasteiger partial charge in [-0.1, -0.05) is 18.8 Å². The minimum absolute atomic E-state index is 0.656. The second kappa shape index (κ2) is 6.89. The van der Waals surface area contributed by atoms with Crippen LogP contribution in [0.5, 0.6) is 0 Å². The van der Waals surface area contributed by atoms with E-state index < -0.39 is 0 Å². The summed E-state index contributed by atoms with van der Waals surface area (Å²) in [4.78, 5) is 0. The Hall–Kier alpha value is -0.880. The van der Waals surface area contributed by atoms with Gasteiger partial charge in [-0.15, -0.1) is 11.8 Å². The SMILES string of the molecule is CC#CC1CCC(C#CC2CCC(C)CC2)CC1. The monoisotopic (exact) mass is 242 g/mol. The first kappa shape index (κ1) is 13.5. The highest BCUT2D eigenvalue weighted by Crippen LogP contribution is 2.30. The molecule has 0 N–H and O–H groups in total. The van der Waals surface area contributed by atoms with Gasteiger partial charge in [0.2, 0.25) is 0 Å². The van der Waals surface area contributed by atoms with Crippen molar-refractivity contribution in [2.45, 2.75) is 65.2 Å². The fourth-order valence-corrected chi connectivity index (χ4v) is 3.23. The van der Waals surface area contributed by atoms with Gasteiger partial charge in [0.1, 0.15) is 0 Å². The second-order valence-corrected chi connectivity index (χ2v) is 6.19. The van der Waals surface area contributed by atoms with Crippen LogP contribution in [0.2, 0.25) is 0 Å². The molecule has 0 unspecified atom stereocenters. The maximum atomic E-state index is 3.57. The molecule has 0 heterocycles. The van der Waals surface area contributed by atoms with Gasteiger partial charge in [-0.05, 0) is 64.2 Å². The highest BCUT2D eigenvalue weighted by atomic mass is 14.2. The first-order valence-corrected chi connectivity index (χ1v) is 7.71. The molecule has 2 fully saturated rings. The summed E-state index contributed by atoms with van der Waals surface area (Å²) in [7, 11) is 0. The molecule has 0 heteroatoms. The van der Waals surface area contributed by atoms with E-state index in [2.05, 4.69) is 30.6 Å². The van der Waals surface area contributed by atoms with Gasteiger partial charge in [0.25, 0.3) is 0 Å². The van der Waals surface area contributed by atoms with Crippen LogP contribution in [0.4, 0.5) is 0 Å². The van der Waals surface area contributed by atoms with E-state index in [-0.39, 0.29) is 0 Å². The average molecular weight is 242 g/mol. The molecule has 0 aromatic heterocycles. The molecular weight excluding hydrogens is 216 g/mol. The van der Waals surface area contributed by atoms with E-state index in [1.165, 1.54) is 51.4 Å². The Morgan fingerprint density at radius 2 is 1.00 bits per heavy atom. The molecule has 2 aliphatic carbocycles. The van der Waals surface area contributed by atoms with Crippen molar-refractivity contribution in [2.24, 2.45) is 23.7 Å². The van der Waals surface area contributed by atoms with E-state index >= 15 is 0 Å². The maximum Gasteiger partial charge on any atom is 0.0203 e. The van der Waals surface area contributed by atoms with Crippen molar-refractivity contribution < 1.29 is 0 Å². The number of rotatable bonds is 0. The van der Waals surface area contributed by atoms with Crippen molar-refractivity contribution in [3.8, 4) is 23.7 Å². The Balaban J connectivity index is 1.75. The lowest BCUT2D eigenvalue weighted by Crippen LogP contribution is -2.13. The zero-order valence-corrected chi connectivity index (χ0v) is 12.0. The molecular formula is C18H26. The lowest BCUT2D eigenvalue weighted by molar-refractivity contribution is 0.336. The first-order chi connectivity index (χ1) is 8.78. The molecule has 2 aliphatic rings. The van der Waals surface area contributed by atoms with Crippen LogP contribution >= 0.6 is 0 Å². The third kappa shape index (κ3) is 4.10. The summed E-state index contributed by atoms with van der Waals surface area (Å²) in [5, 5.41) is 0. The van der Waals surface area contributed by atoms with E-state index in [1.807, 2.05) is 6.92 Å². The lowest BCUT2D eigenvalue weighted by Gasteiger charge is -2.24. The quantitative estimate of drug-likeness (QED) is 0.543. The summed E-state index contributed by atoms with van der Waals surface area (Å²) in [5.41, 5.74) is 0. The topological polar surface area (TPSA) is 0 Å². The summed E-state index contributed by atoms with van der Waals surface area (Å²) in [6.45, 7) is 4.33. The fraction of sp³-hybridized carbons (Fsp3) is 0.778. The van der Waals surface area contributed by atoms with Gasteiger partial charge >= 0.3 is 0 Å². The van der Waals surface area contributed by atoms with Crippen LogP contribution in [0.15, 0.2) is 0 Å². The molecule has 18 heavy (non-hydrogen) atoms. The zero-order chi connectivity index (χ0) is 12.8. The average Bonchev–Trinajstić information content (AvgIpc) is 2.40. The minimum atomic E-state index is 0.656. The Kier molecular flexibility index (Phi) is 5.19. The van der Waals surface area contributed by atoms with Crippen molar-refractivity contribution in [3.63, 3.8) is 0 Å². The molecule has 0 atom stereocenters. The van der Waals surface area contributed by atoms with Crippen molar-refractivity contribution in [3.05, 3.63) is 0 Å². The Morgan fingerprint density at radius 3 is 1.44 bits per heavy atom. The number of hydrogen-bond donors (Lipinski definition) is 0. The Morgan fingerprint density at radius 1 is 0.611 bits per heavy atom. The van der Waals surface area contributed by atoms with Gasteiger partial charge in [0, 0.05) is 17.8 Å². The van der Waals surface area contributed by atoms with Crippen molar-refractivity contribution >= 4 is 0 Å². The van der Waals surface area contributed by atoms with Gasteiger partial charge < -0.3 is 0 Å². The van der Waals surface area contributed by atoms with Gasteiger partial charge in [-0.2, -0.15) is 0 Å². The summed E-state index contributed by atoms with van der Waals surface area (Å²) >= 11 is 0. The normalized spacial score (nSPS) is 35.9. The minimum Gasteiger partial charge on any atom is -0.106 e. The molecule has 0 saturated heterocycles. The Bertz CT molecular complexity index is 354. The molecule has 0 nitrogen and oxygen atoms in total. The Labute approximate surface area is 113 Å². The van der Waals surface area contributed by atoms with Crippen LogP contribution in [0, 0.1) is 47.4 Å². The van der Waals surface area contributed by atoms with Crippen LogP contribution in [0.1, 0.15) is 65.2 Å². The molecule has 0 bridgehead atoms. The van der Waals surface area contributed by atoms with Crippen molar-refractivity contribution in [1.29, 1.82) is 0 Å². The van der Waals surface area contributed by atoms with Crippen LogP contribution in [0.3, 0.4) is 0 Å². The van der Waals surface area contributed by atoms with Crippen molar-refractivity contribution in [2.75, 3.05) is 0 Å². The van der Waals surface area contributed by atoms with E-state index in [9.17, 15) is 0 Å². The fourth-order valence-electron chi connectivity index (χ4n) is 3.23. The standard InChI is InChI=1S/C18H26/c1-3-4-16-9-11-18(12-10-16)14-13-17-7-5-15(2)6-8-17/h15-18H,5-12H2,1-2H3. The summed E-state index contributed by atoms with van der Waals surface area (Å²) < 4.78 is 0. The largest absolute Gasteiger partial charge is 0.106 e. The smallest absolute Gasteiger partial charge is 0.0203 e. The highest BCUT2D eigenvalue weighted by molar-refractivity contribution is 5.11. The molecule has 98 valence electrons. The molecule has 0 radical (unpaired) electrons. The summed E-state index contributed by atoms with van der Waals surface area (Å²) in [6, 6.07) is 0. The lowest BCUT2D eigenvalue weighted by atomic mass is 9.81. The van der Waals surface area contributed by atoms with Gasteiger partial charge in [0.05, 0.1) is 0 Å². The van der Waals surface area contributed by atoms with Gasteiger partial charge in [-0.25, -0.2) is 0 Å². The van der Waals surface area contributed by atoms with E-state index in [1.54, 1.807) is 0 Å². The molecule has 2 saturated carbocycles. The predicted molar refractivity (Wildman–Crippen MR) is 77.8 cm³/mol. The third-order valence-corrected chi connectivity index (χ3v) is 4.58. The first-order valence-electron chi connectivity index (χ1n) is 7.71. The predicted octanol–water partition coefficient (Wildman–Crippen LogP) is 4.65. The summed E-state index contributed by atoms with van der Waals surface area (Å²) in [6.07, 6.45) is 10.5. The van der Waals surface area contributed by atoms with Crippen LogP contribution in [-0.2, 0) is 0 Å². The number of hydrogen-bond acceptors (Lipinski definition) is 0. The third-order valence-electron chi connectivity index (χ3n) is 4.58. The highest BCUT2D eigenvalue weighted by Gasteiger charge is 2.19. The molecule has 0 aromatic rings. The van der Waals surface area contributed by atoms with Crippen LogP contribution in [0.25, 0.3) is 0 Å². The molecule has 0 aliphatic heterocycles. The van der Waals surface area contributed by atoms with Crippen molar-refractivity contribution in [1.82, 2.24) is 0 Å². The molecule has 0 aromatic carbocycles. The van der Waals surface area contributed by atoms with E-state index in [4.69, 9.17) is 0 Å².